The standard InChI is InChI=1S/C55H75N17O13/c1-29(2)19-38(49(80)67-37(9-5-17-60-55(57)58)54(85)72-18-6-10-43(72)53(84)62-25-44(56)75)66-46(77)26-63-47(78)39(20-30-11-13-33(74)14-12-30)68-52(83)42(27-73)71-50(81)40(21-31-23-61-35-8-4-3-7-34(31)35)69-51(82)41(22-32-24-59-28-64-32)70-48(79)36-15-16-45(76)65-36/h3-4,7-8,11-14,23-24,28-29,36-43,61,73-74H,5-6,9-10,15-22,25-27H2,1-2H3,(H2,56,75)(H,59,64)(H,62,84)(H,63,78)(H,65,76)(H,66,77)(H,67,80)(H,68,83)(H,69,82)(H,70,79)(H,71,81)(H4,57,58,60)/t36-,37-,38-,39-,40-,41-,42-,43-/m1/s1. The summed E-state index contributed by atoms with van der Waals surface area (Å²) in [6, 6.07) is 2.37. The van der Waals surface area contributed by atoms with Crippen LogP contribution in [-0.4, -0.2) is 182 Å². The average Bonchev–Trinajstić information content (AvgIpc) is 4.32. The number of fused-ring (bicyclic) bond motifs is 1. The Morgan fingerprint density at radius 3 is 2.04 bits per heavy atom. The van der Waals surface area contributed by atoms with Gasteiger partial charge in [-0.1, -0.05) is 44.2 Å². The largest absolute Gasteiger partial charge is 0.508 e. The fourth-order valence-electron chi connectivity index (χ4n) is 9.79. The van der Waals surface area contributed by atoms with Gasteiger partial charge >= 0.3 is 0 Å². The lowest BCUT2D eigenvalue weighted by Gasteiger charge is -2.30. The minimum atomic E-state index is -1.76. The lowest BCUT2D eigenvalue weighted by Crippen LogP contribution is -2.60. The highest BCUT2D eigenvalue weighted by molar-refractivity contribution is 5.99. The van der Waals surface area contributed by atoms with Gasteiger partial charge in [0.05, 0.1) is 26.0 Å². The number of carbonyl (C=O) groups excluding carboxylic acids is 11. The first-order valence-corrected chi connectivity index (χ1v) is 27.8. The van der Waals surface area contributed by atoms with Crippen LogP contribution in [0, 0.1) is 5.92 Å². The minimum Gasteiger partial charge on any atom is -0.508 e. The van der Waals surface area contributed by atoms with Gasteiger partial charge in [0.25, 0.3) is 0 Å². The molecule has 2 aromatic carbocycles. The Morgan fingerprint density at radius 1 is 0.729 bits per heavy atom. The second kappa shape index (κ2) is 31.2. The first kappa shape index (κ1) is 64.6. The first-order valence-electron chi connectivity index (χ1n) is 27.8. The van der Waals surface area contributed by atoms with Crippen molar-refractivity contribution in [2.45, 2.75) is 126 Å². The molecule has 0 bridgehead atoms. The zero-order valence-electron chi connectivity index (χ0n) is 47.1. The van der Waals surface area contributed by atoms with Crippen LogP contribution >= 0.6 is 0 Å². The number of phenols is 1. The van der Waals surface area contributed by atoms with E-state index in [4.69, 9.17) is 17.2 Å². The van der Waals surface area contributed by atoms with Gasteiger partial charge in [-0.25, -0.2) is 4.98 Å². The second-order valence-corrected chi connectivity index (χ2v) is 21.2. The molecule has 6 rings (SSSR count). The molecule has 2 saturated heterocycles. The highest BCUT2D eigenvalue weighted by Crippen LogP contribution is 2.22. The number of H-pyrrole nitrogens is 2. The summed E-state index contributed by atoms with van der Waals surface area (Å²) in [5.41, 5.74) is 18.3. The molecule has 4 aromatic rings. The van der Waals surface area contributed by atoms with Crippen LogP contribution < -0.4 is 65.1 Å². The molecular weight excluding hydrogens is 1110 g/mol. The van der Waals surface area contributed by atoms with Gasteiger partial charge in [0, 0.05) is 67.8 Å². The smallest absolute Gasteiger partial charge is 0.245 e. The molecule has 458 valence electrons. The van der Waals surface area contributed by atoms with Crippen LogP contribution in [0.4, 0.5) is 0 Å². The highest BCUT2D eigenvalue weighted by atomic mass is 16.3. The molecule has 8 atom stereocenters. The van der Waals surface area contributed by atoms with Crippen molar-refractivity contribution < 1.29 is 63.0 Å². The lowest BCUT2D eigenvalue weighted by atomic mass is 10.0. The van der Waals surface area contributed by atoms with Gasteiger partial charge in [0.1, 0.15) is 54.1 Å². The fraction of sp³-hybridized carbons (Fsp3) is 0.473. The molecule has 0 radical (unpaired) electrons. The van der Waals surface area contributed by atoms with Gasteiger partial charge in [-0.2, -0.15) is 0 Å². The van der Waals surface area contributed by atoms with Crippen molar-refractivity contribution >= 4 is 81.8 Å². The molecule has 4 heterocycles. The number of nitrogens with two attached hydrogens (primary N) is 3. The molecule has 2 fully saturated rings. The summed E-state index contributed by atoms with van der Waals surface area (Å²) in [5.74, 6) is -8.86. The average molecular weight is 1180 g/mol. The summed E-state index contributed by atoms with van der Waals surface area (Å²) in [6.07, 6.45) is 5.24. The van der Waals surface area contributed by atoms with Crippen LogP contribution in [0.3, 0.4) is 0 Å². The molecule has 0 saturated carbocycles. The minimum absolute atomic E-state index is 0.0156. The molecule has 0 aliphatic carbocycles. The number of aliphatic hydroxyl groups excluding tert-OH is 1. The molecular formula is C55H75N17O13. The molecule has 2 aromatic heterocycles. The van der Waals surface area contributed by atoms with Gasteiger partial charge in [-0.05, 0) is 73.8 Å². The Balaban J connectivity index is 1.16. The number of likely N-dealkylation sites (tertiary alicyclic amines) is 1. The topological polar surface area (TPSA) is 475 Å². The maximum Gasteiger partial charge on any atom is 0.245 e. The van der Waals surface area contributed by atoms with Crippen molar-refractivity contribution in [2.75, 3.05) is 32.8 Å². The van der Waals surface area contributed by atoms with Crippen molar-refractivity contribution in [3.05, 3.63) is 84.1 Å². The van der Waals surface area contributed by atoms with Crippen molar-refractivity contribution in [1.82, 2.24) is 67.7 Å². The summed E-state index contributed by atoms with van der Waals surface area (Å²) >= 11 is 0. The number of guanidine groups is 1. The number of hydrogen-bond acceptors (Lipinski definition) is 15. The van der Waals surface area contributed by atoms with Gasteiger partial charge in [0.2, 0.25) is 65.0 Å². The monoisotopic (exact) mass is 1180 g/mol. The fourth-order valence-corrected chi connectivity index (χ4v) is 9.79. The van der Waals surface area contributed by atoms with E-state index in [1.165, 1.54) is 41.7 Å². The number of aliphatic imine (C=N–C) groups is 1. The summed E-state index contributed by atoms with van der Waals surface area (Å²) in [7, 11) is 0. The molecule has 0 unspecified atom stereocenters. The normalized spacial score (nSPS) is 16.8. The maximum atomic E-state index is 14.4. The number of aromatic amines is 2. The van der Waals surface area contributed by atoms with E-state index in [2.05, 4.69) is 67.8 Å². The number of nitrogens with zero attached hydrogens (tertiary/aromatic N) is 3. The van der Waals surface area contributed by atoms with Crippen LogP contribution in [0.1, 0.15) is 75.6 Å². The number of aromatic nitrogens is 3. The number of aromatic hydroxyl groups is 1. The predicted octanol–water partition coefficient (Wildman–Crippen LogP) is -4.39. The Hall–Kier alpha value is -9.61. The van der Waals surface area contributed by atoms with E-state index in [0.29, 0.717) is 34.1 Å². The number of amides is 11. The van der Waals surface area contributed by atoms with Crippen LogP contribution in [-0.2, 0) is 72.0 Å². The quantitative estimate of drug-likeness (QED) is 0.0129. The predicted molar refractivity (Wildman–Crippen MR) is 305 cm³/mol. The molecule has 2 aliphatic heterocycles. The Bertz CT molecular complexity index is 3060. The van der Waals surface area contributed by atoms with E-state index in [0.717, 1.165) is 0 Å². The number of primary amides is 1. The van der Waals surface area contributed by atoms with E-state index in [9.17, 15) is 63.0 Å². The summed E-state index contributed by atoms with van der Waals surface area (Å²) < 4.78 is 0. The maximum absolute atomic E-state index is 14.4. The van der Waals surface area contributed by atoms with Gasteiger partial charge in [-0.3, -0.25) is 57.7 Å². The van der Waals surface area contributed by atoms with Gasteiger partial charge in [-0.15, -0.1) is 0 Å². The van der Waals surface area contributed by atoms with Crippen molar-refractivity contribution in [2.24, 2.45) is 28.1 Å². The zero-order chi connectivity index (χ0) is 61.7. The first-order chi connectivity index (χ1) is 40.6. The van der Waals surface area contributed by atoms with Crippen LogP contribution in [0.5, 0.6) is 5.75 Å². The molecule has 19 N–H and O–H groups in total. The number of imidazole rings is 1. The lowest BCUT2D eigenvalue weighted by molar-refractivity contribution is -0.142. The Labute approximate surface area is 488 Å². The van der Waals surface area contributed by atoms with Crippen LogP contribution in [0.15, 0.2) is 72.2 Å². The number of rotatable bonds is 31. The van der Waals surface area contributed by atoms with Crippen LogP contribution in [0.2, 0.25) is 0 Å². The number of aliphatic hydroxyl groups is 1. The molecule has 2 aliphatic rings. The Morgan fingerprint density at radius 2 is 1.39 bits per heavy atom. The Kier molecular flexibility index (Phi) is 23.7. The molecule has 0 spiro atoms. The third kappa shape index (κ3) is 19.5. The van der Waals surface area contributed by atoms with Crippen molar-refractivity contribution in [3.63, 3.8) is 0 Å². The van der Waals surface area contributed by atoms with Gasteiger partial charge in [0.15, 0.2) is 5.96 Å². The highest BCUT2D eigenvalue weighted by Gasteiger charge is 2.39. The zero-order valence-corrected chi connectivity index (χ0v) is 47.1. The van der Waals surface area contributed by atoms with Crippen molar-refractivity contribution in [3.8, 4) is 5.75 Å². The number of nitrogens with one attached hydrogen (secondary N) is 11. The summed E-state index contributed by atoms with van der Waals surface area (Å²) in [4.78, 5) is 164. The third-order valence-electron chi connectivity index (χ3n) is 14.1. The van der Waals surface area contributed by atoms with Crippen LogP contribution in [0.25, 0.3) is 10.9 Å². The molecule has 30 heteroatoms. The summed E-state index contributed by atoms with van der Waals surface area (Å²) in [5, 5.41) is 44.5. The van der Waals surface area contributed by atoms with E-state index >= 15 is 0 Å². The number of hydrogen-bond donors (Lipinski definition) is 16. The molecule has 30 nitrogen and oxygen atoms in total. The second-order valence-electron chi connectivity index (χ2n) is 21.2. The van der Waals surface area contributed by atoms with E-state index in [1.54, 1.807) is 44.3 Å². The number of benzene rings is 2. The SMILES string of the molecule is CC(C)C[C@@H](NC(=O)CNC(=O)[C@@H](Cc1ccc(O)cc1)NC(=O)[C@@H](CO)NC(=O)[C@@H](Cc1c[nH]c2ccccc12)NC(=O)[C@@H](Cc1cnc[nH]1)NC(=O)[C@H]1CCC(=O)N1)C(=O)N[C@H](CCCN=C(N)N)C(=O)N1CCC[C@@H]1C(=O)NCC(N)=O. The van der Waals surface area contributed by atoms with E-state index in [1.807, 2.05) is 0 Å². The molecule has 11 amide bonds. The summed E-state index contributed by atoms with van der Waals surface area (Å²) in [6.45, 7) is 1.62. The van der Waals surface area contributed by atoms with E-state index in [-0.39, 0.29) is 94.4 Å². The van der Waals surface area contributed by atoms with E-state index < -0.39 is 127 Å². The number of phenolic OH excluding ortho intramolecular Hbond substituents is 1. The van der Waals surface area contributed by atoms with Gasteiger partial charge < -0.3 is 90.1 Å². The number of carbonyl (C=O) groups is 11. The van der Waals surface area contributed by atoms with Crippen molar-refractivity contribution in [1.29, 1.82) is 0 Å². The third-order valence-corrected chi connectivity index (χ3v) is 14.1. The molecule has 85 heavy (non-hydrogen) atoms. The number of para-hydroxylation sites is 1.